The Labute approximate surface area is 136 Å². The summed E-state index contributed by atoms with van der Waals surface area (Å²) in [5.74, 6) is -0.0104. The molecule has 0 unspecified atom stereocenters. The number of hydrogen-bond acceptors (Lipinski definition) is 4. The van der Waals surface area contributed by atoms with Crippen LogP contribution < -0.4 is 0 Å². The fourth-order valence-corrected chi connectivity index (χ4v) is 3.87. The van der Waals surface area contributed by atoms with E-state index in [1.165, 1.54) is 10.6 Å². The number of hydrogen-bond donors (Lipinski definition) is 0. The second-order valence-corrected chi connectivity index (χ2v) is 8.35. The normalized spacial score (nSPS) is 17.3. The first-order chi connectivity index (χ1) is 10.3. The van der Waals surface area contributed by atoms with Gasteiger partial charge in [0, 0.05) is 36.6 Å². The number of carbonyl (C=O) groups excluding carboxylic acids is 1. The maximum Gasteiger partial charge on any atom is 0.254 e. The van der Waals surface area contributed by atoms with Crippen molar-refractivity contribution in [3.63, 3.8) is 0 Å². The summed E-state index contributed by atoms with van der Waals surface area (Å²) in [5, 5.41) is 0. The van der Waals surface area contributed by atoms with Gasteiger partial charge in [-0.3, -0.25) is 4.79 Å². The molecule has 0 bridgehead atoms. The average molecular weight is 342 g/mol. The van der Waals surface area contributed by atoms with E-state index in [0.717, 1.165) is 10.5 Å². The molecule has 1 fully saturated rings. The lowest BCUT2D eigenvalue weighted by Crippen LogP contribution is -2.37. The van der Waals surface area contributed by atoms with E-state index in [2.05, 4.69) is 0 Å². The van der Waals surface area contributed by atoms with Crippen molar-refractivity contribution >= 4 is 27.7 Å². The highest BCUT2D eigenvalue weighted by atomic mass is 32.2. The van der Waals surface area contributed by atoms with Gasteiger partial charge in [0.15, 0.2) is 0 Å². The Bertz CT molecular complexity index is 659. The van der Waals surface area contributed by atoms with Crippen LogP contribution in [0, 0.1) is 6.92 Å². The quantitative estimate of drug-likeness (QED) is 0.786. The van der Waals surface area contributed by atoms with Gasteiger partial charge in [-0.25, -0.2) is 12.7 Å². The third-order valence-corrected chi connectivity index (χ3v) is 5.91. The molecule has 1 aromatic rings. The smallest absolute Gasteiger partial charge is 0.254 e. The van der Waals surface area contributed by atoms with Gasteiger partial charge in [0.05, 0.1) is 6.26 Å². The maximum absolute atomic E-state index is 12.7. The molecule has 0 saturated carbocycles. The average Bonchev–Trinajstić information content (AvgIpc) is 2.72. The lowest BCUT2D eigenvalue weighted by Gasteiger charge is -2.22. The van der Waals surface area contributed by atoms with Crippen molar-refractivity contribution in [2.24, 2.45) is 0 Å². The van der Waals surface area contributed by atoms with Crippen LogP contribution in [0.3, 0.4) is 0 Å². The standard InChI is InChI=1S/C15H22N2O3S2/c1-12-5-6-13(21-2)11-14(12)15(18)16-7-4-8-17(10-9-16)22(3,19)20/h5-6,11H,4,7-10H2,1-3H3. The Balaban J connectivity index is 2.17. The fraction of sp³-hybridized carbons (Fsp3) is 0.533. The first kappa shape index (κ1) is 17.3. The zero-order valence-corrected chi connectivity index (χ0v) is 14.8. The number of thioether (sulfide) groups is 1. The van der Waals surface area contributed by atoms with Gasteiger partial charge in [-0.1, -0.05) is 6.07 Å². The molecule has 1 heterocycles. The van der Waals surface area contributed by atoms with Crippen LogP contribution in [0.15, 0.2) is 23.1 Å². The van der Waals surface area contributed by atoms with Gasteiger partial charge in [-0.2, -0.15) is 0 Å². The summed E-state index contributed by atoms with van der Waals surface area (Å²) < 4.78 is 24.7. The third kappa shape index (κ3) is 4.02. The van der Waals surface area contributed by atoms with Gasteiger partial charge < -0.3 is 4.90 Å². The van der Waals surface area contributed by atoms with Crippen LogP contribution in [-0.2, 0) is 10.0 Å². The lowest BCUT2D eigenvalue weighted by molar-refractivity contribution is 0.0763. The van der Waals surface area contributed by atoms with Crippen molar-refractivity contribution in [3.05, 3.63) is 29.3 Å². The predicted octanol–water partition coefficient (Wildman–Crippen LogP) is 1.82. The fourth-order valence-electron chi connectivity index (χ4n) is 2.56. The summed E-state index contributed by atoms with van der Waals surface area (Å²) >= 11 is 1.61. The minimum atomic E-state index is -3.19. The van der Waals surface area contributed by atoms with Crippen LogP contribution in [0.4, 0.5) is 0 Å². The predicted molar refractivity (Wildman–Crippen MR) is 89.9 cm³/mol. The third-order valence-electron chi connectivity index (χ3n) is 3.89. The molecule has 1 saturated heterocycles. The van der Waals surface area contributed by atoms with E-state index in [-0.39, 0.29) is 5.91 Å². The molecule has 1 aromatic carbocycles. The highest BCUT2D eigenvalue weighted by molar-refractivity contribution is 7.98. The van der Waals surface area contributed by atoms with E-state index in [4.69, 9.17) is 0 Å². The zero-order valence-electron chi connectivity index (χ0n) is 13.2. The van der Waals surface area contributed by atoms with Gasteiger partial charge >= 0.3 is 0 Å². The molecule has 1 amide bonds. The van der Waals surface area contributed by atoms with Crippen LogP contribution in [0.25, 0.3) is 0 Å². The van der Waals surface area contributed by atoms with E-state index >= 15 is 0 Å². The van der Waals surface area contributed by atoms with Crippen LogP contribution in [0.2, 0.25) is 0 Å². The Kier molecular flexibility index (Phi) is 5.52. The topological polar surface area (TPSA) is 57.7 Å². The highest BCUT2D eigenvalue weighted by Crippen LogP contribution is 2.21. The summed E-state index contributed by atoms with van der Waals surface area (Å²) in [6.07, 6.45) is 3.87. The van der Waals surface area contributed by atoms with Crippen molar-refractivity contribution in [2.45, 2.75) is 18.2 Å². The monoisotopic (exact) mass is 342 g/mol. The molecule has 122 valence electrons. The van der Waals surface area contributed by atoms with Gasteiger partial charge in [-0.05, 0) is 37.3 Å². The number of nitrogens with zero attached hydrogens (tertiary/aromatic N) is 2. The molecule has 22 heavy (non-hydrogen) atoms. The van der Waals surface area contributed by atoms with E-state index in [9.17, 15) is 13.2 Å². The maximum atomic E-state index is 12.7. The van der Waals surface area contributed by atoms with Gasteiger partial charge in [-0.15, -0.1) is 11.8 Å². The minimum absolute atomic E-state index is 0.0104. The van der Waals surface area contributed by atoms with E-state index in [1.54, 1.807) is 16.7 Å². The Morgan fingerprint density at radius 2 is 1.91 bits per heavy atom. The largest absolute Gasteiger partial charge is 0.337 e. The second-order valence-electron chi connectivity index (χ2n) is 5.49. The van der Waals surface area contributed by atoms with Crippen molar-refractivity contribution in [1.82, 2.24) is 9.21 Å². The summed E-state index contributed by atoms with van der Waals surface area (Å²) in [5.41, 5.74) is 1.66. The molecule has 0 atom stereocenters. The molecule has 0 aromatic heterocycles. The van der Waals surface area contributed by atoms with Crippen LogP contribution in [0.5, 0.6) is 0 Å². The Morgan fingerprint density at radius 1 is 1.18 bits per heavy atom. The lowest BCUT2D eigenvalue weighted by atomic mass is 10.1. The SMILES string of the molecule is CSc1ccc(C)c(C(=O)N2CCCN(S(C)(=O)=O)CC2)c1. The number of rotatable bonds is 3. The summed E-state index contributed by atoms with van der Waals surface area (Å²) in [6.45, 7) is 3.80. The molecule has 0 aliphatic carbocycles. The number of sulfonamides is 1. The Morgan fingerprint density at radius 3 is 2.55 bits per heavy atom. The van der Waals surface area contributed by atoms with Crippen molar-refractivity contribution in [3.8, 4) is 0 Å². The molecule has 0 N–H and O–H groups in total. The van der Waals surface area contributed by atoms with Crippen molar-refractivity contribution < 1.29 is 13.2 Å². The molecular formula is C15H22N2O3S2. The Hall–Kier alpha value is -1.05. The van der Waals surface area contributed by atoms with Crippen LogP contribution in [0.1, 0.15) is 22.3 Å². The van der Waals surface area contributed by atoms with Crippen LogP contribution in [-0.4, -0.2) is 62.2 Å². The van der Waals surface area contributed by atoms with E-state index in [1.807, 2.05) is 31.4 Å². The zero-order chi connectivity index (χ0) is 16.3. The minimum Gasteiger partial charge on any atom is -0.337 e. The number of aryl methyl sites for hydroxylation is 1. The first-order valence-electron chi connectivity index (χ1n) is 7.22. The molecule has 1 aliphatic heterocycles. The number of carbonyl (C=O) groups is 1. The van der Waals surface area contributed by atoms with Gasteiger partial charge in [0.2, 0.25) is 10.0 Å². The van der Waals surface area contributed by atoms with Crippen molar-refractivity contribution in [2.75, 3.05) is 38.7 Å². The summed E-state index contributed by atoms with van der Waals surface area (Å²) in [6, 6.07) is 5.88. The molecule has 5 nitrogen and oxygen atoms in total. The van der Waals surface area contributed by atoms with Gasteiger partial charge in [0.1, 0.15) is 0 Å². The molecule has 0 spiro atoms. The first-order valence-corrected chi connectivity index (χ1v) is 10.3. The molecule has 7 heteroatoms. The van der Waals surface area contributed by atoms with Crippen LogP contribution >= 0.6 is 11.8 Å². The van der Waals surface area contributed by atoms with Crippen molar-refractivity contribution in [1.29, 1.82) is 0 Å². The van der Waals surface area contributed by atoms with E-state index < -0.39 is 10.0 Å². The summed E-state index contributed by atoms with van der Waals surface area (Å²) in [4.78, 5) is 15.6. The molecular weight excluding hydrogens is 320 g/mol. The second kappa shape index (κ2) is 7.02. The molecule has 0 radical (unpaired) electrons. The van der Waals surface area contributed by atoms with E-state index in [0.29, 0.717) is 38.2 Å². The van der Waals surface area contributed by atoms with Gasteiger partial charge in [0.25, 0.3) is 5.91 Å². The highest BCUT2D eigenvalue weighted by Gasteiger charge is 2.25. The summed E-state index contributed by atoms with van der Waals surface area (Å²) in [7, 11) is -3.19. The number of amides is 1. The number of benzene rings is 1. The molecule has 2 rings (SSSR count). The molecule has 1 aliphatic rings.